The number of nitrogens with zero attached hydrogens (tertiary/aromatic N) is 5. The molecule has 2 heterocycles. The summed E-state index contributed by atoms with van der Waals surface area (Å²) in [6.07, 6.45) is 2.04. The molecule has 1 N–H and O–H groups in total. The average molecular weight is 413 g/mol. The molecule has 2 aromatic heterocycles. The second-order valence-electron chi connectivity index (χ2n) is 6.91. The summed E-state index contributed by atoms with van der Waals surface area (Å²) in [6, 6.07) is 7.52. The molecule has 152 valence electrons. The fourth-order valence-electron chi connectivity index (χ4n) is 2.96. The van der Waals surface area contributed by atoms with Gasteiger partial charge in [0.15, 0.2) is 0 Å². The summed E-state index contributed by atoms with van der Waals surface area (Å²) in [5.41, 5.74) is 4.18. The van der Waals surface area contributed by atoms with E-state index in [4.69, 9.17) is 0 Å². The van der Waals surface area contributed by atoms with Crippen molar-refractivity contribution >= 4 is 35.0 Å². The number of fused-ring (bicyclic) bond motifs is 1. The molecule has 1 aromatic carbocycles. The molecule has 0 aliphatic heterocycles. The molecule has 0 unspecified atom stereocenters. The minimum Gasteiger partial charge on any atom is -0.336 e. The van der Waals surface area contributed by atoms with Crippen molar-refractivity contribution < 1.29 is 9.59 Å². The van der Waals surface area contributed by atoms with E-state index in [1.54, 1.807) is 11.6 Å². The molecule has 3 rings (SSSR count). The first-order chi connectivity index (χ1) is 13.8. The van der Waals surface area contributed by atoms with Crippen molar-refractivity contribution in [3.63, 3.8) is 0 Å². The van der Waals surface area contributed by atoms with Crippen LogP contribution in [0.4, 0.5) is 5.69 Å². The number of likely N-dealkylation sites (N-methyl/N-ethyl adjacent to an activating group) is 1. The van der Waals surface area contributed by atoms with Crippen molar-refractivity contribution in [2.45, 2.75) is 32.3 Å². The zero-order valence-electron chi connectivity index (χ0n) is 17.2. The minimum atomic E-state index is -0.243. The highest BCUT2D eigenvalue weighted by molar-refractivity contribution is 7.98. The summed E-state index contributed by atoms with van der Waals surface area (Å²) >= 11 is 1.44. The molecule has 0 bridgehead atoms. The van der Waals surface area contributed by atoms with E-state index in [1.807, 2.05) is 51.3 Å². The largest absolute Gasteiger partial charge is 0.336 e. The minimum absolute atomic E-state index is 0.0274. The van der Waals surface area contributed by atoms with Crippen LogP contribution in [0.2, 0.25) is 0 Å². The Hall–Kier alpha value is -2.94. The molecule has 9 heteroatoms. The van der Waals surface area contributed by atoms with Crippen LogP contribution < -0.4 is 5.32 Å². The van der Waals surface area contributed by atoms with Crippen LogP contribution in [0.1, 0.15) is 22.5 Å². The van der Waals surface area contributed by atoms with Gasteiger partial charge in [0.1, 0.15) is 0 Å². The van der Waals surface area contributed by atoms with Crippen LogP contribution in [0.25, 0.3) is 5.78 Å². The highest BCUT2D eigenvalue weighted by atomic mass is 32.2. The number of carbonyl (C=O) groups excluding carboxylic acids is 2. The van der Waals surface area contributed by atoms with Gasteiger partial charge in [-0.25, -0.2) is 9.50 Å². The second kappa shape index (κ2) is 8.60. The number of anilines is 1. The van der Waals surface area contributed by atoms with E-state index >= 15 is 0 Å². The quantitative estimate of drug-likeness (QED) is 0.625. The molecular weight excluding hydrogens is 388 g/mol. The number of hydrogen-bond acceptors (Lipinski definition) is 6. The average Bonchev–Trinajstić information content (AvgIpc) is 3.10. The standard InChI is InChI=1S/C20H24N6O2S/c1-12-6-8-15(9-7-12)22-17(27)11-25(4)18(28)10-16-13(2)21-19-23-20(29-5)24-26(19)14(16)3/h6-9H,10-11H2,1-5H3,(H,22,27). The number of carbonyl (C=O) groups is 2. The highest BCUT2D eigenvalue weighted by Crippen LogP contribution is 2.17. The van der Waals surface area contributed by atoms with Gasteiger partial charge >= 0.3 is 0 Å². The lowest BCUT2D eigenvalue weighted by Crippen LogP contribution is -2.36. The molecule has 8 nitrogen and oxygen atoms in total. The molecule has 0 spiro atoms. The van der Waals surface area contributed by atoms with Gasteiger partial charge in [-0.05, 0) is 39.2 Å². The van der Waals surface area contributed by atoms with Crippen molar-refractivity contribution in [2.75, 3.05) is 25.2 Å². The predicted molar refractivity (Wildman–Crippen MR) is 113 cm³/mol. The highest BCUT2D eigenvalue weighted by Gasteiger charge is 2.19. The smallest absolute Gasteiger partial charge is 0.253 e. The van der Waals surface area contributed by atoms with Gasteiger partial charge in [-0.3, -0.25) is 9.59 Å². The van der Waals surface area contributed by atoms with E-state index in [2.05, 4.69) is 20.4 Å². The van der Waals surface area contributed by atoms with E-state index in [0.717, 1.165) is 22.5 Å². The number of hydrogen-bond donors (Lipinski definition) is 1. The number of aryl methyl sites for hydroxylation is 3. The molecule has 2 amide bonds. The SMILES string of the molecule is CSc1nc2nc(C)c(CC(=O)N(C)CC(=O)Nc3ccc(C)cc3)c(C)n2n1. The Labute approximate surface area is 173 Å². The van der Waals surface area contributed by atoms with Gasteiger partial charge in [0.2, 0.25) is 17.0 Å². The fourth-order valence-corrected chi connectivity index (χ4v) is 3.30. The molecule has 0 atom stereocenters. The van der Waals surface area contributed by atoms with Crippen molar-refractivity contribution in [3.8, 4) is 0 Å². The Kier molecular flexibility index (Phi) is 6.17. The summed E-state index contributed by atoms with van der Waals surface area (Å²) < 4.78 is 1.66. The Morgan fingerprint density at radius 1 is 1.14 bits per heavy atom. The number of amides is 2. The van der Waals surface area contributed by atoms with Gasteiger partial charge < -0.3 is 10.2 Å². The van der Waals surface area contributed by atoms with Crippen molar-refractivity contribution in [2.24, 2.45) is 0 Å². The summed E-state index contributed by atoms with van der Waals surface area (Å²) in [4.78, 5) is 35.2. The van der Waals surface area contributed by atoms with Gasteiger partial charge in [-0.1, -0.05) is 29.5 Å². The first kappa shape index (κ1) is 20.8. The van der Waals surface area contributed by atoms with Gasteiger partial charge in [-0.2, -0.15) is 4.98 Å². The predicted octanol–water partition coefficient (Wildman–Crippen LogP) is 2.41. The van der Waals surface area contributed by atoms with Gasteiger partial charge in [0.05, 0.1) is 13.0 Å². The molecule has 0 saturated carbocycles. The van der Waals surface area contributed by atoms with Gasteiger partial charge in [0.25, 0.3) is 5.78 Å². The van der Waals surface area contributed by atoms with E-state index in [1.165, 1.54) is 16.7 Å². The fraction of sp³-hybridized carbons (Fsp3) is 0.350. The number of aromatic nitrogens is 4. The van der Waals surface area contributed by atoms with E-state index < -0.39 is 0 Å². The number of thioether (sulfide) groups is 1. The molecule has 29 heavy (non-hydrogen) atoms. The number of nitrogens with one attached hydrogen (secondary N) is 1. The maximum atomic E-state index is 12.7. The summed E-state index contributed by atoms with van der Waals surface area (Å²) in [6.45, 7) is 5.70. The van der Waals surface area contributed by atoms with Crippen LogP contribution in [-0.4, -0.2) is 56.1 Å². The van der Waals surface area contributed by atoms with Crippen LogP contribution in [0, 0.1) is 20.8 Å². The zero-order valence-corrected chi connectivity index (χ0v) is 18.0. The third kappa shape index (κ3) is 4.73. The van der Waals surface area contributed by atoms with Crippen LogP contribution in [0.3, 0.4) is 0 Å². The van der Waals surface area contributed by atoms with Crippen molar-refractivity contribution in [1.82, 2.24) is 24.5 Å². The zero-order chi connectivity index (χ0) is 21.1. The lowest BCUT2D eigenvalue weighted by molar-refractivity contribution is -0.132. The van der Waals surface area contributed by atoms with Crippen LogP contribution in [0.5, 0.6) is 0 Å². The molecule has 0 saturated heterocycles. The molecule has 0 aliphatic rings. The molecule has 0 radical (unpaired) electrons. The first-order valence-electron chi connectivity index (χ1n) is 9.15. The lowest BCUT2D eigenvalue weighted by Gasteiger charge is -2.18. The summed E-state index contributed by atoms with van der Waals surface area (Å²) in [5, 5.41) is 7.84. The van der Waals surface area contributed by atoms with Crippen LogP contribution in [-0.2, 0) is 16.0 Å². The first-order valence-corrected chi connectivity index (χ1v) is 10.4. The van der Waals surface area contributed by atoms with Crippen LogP contribution >= 0.6 is 11.8 Å². The van der Waals surface area contributed by atoms with Crippen molar-refractivity contribution in [3.05, 3.63) is 46.8 Å². The molecular formula is C20H24N6O2S. The van der Waals surface area contributed by atoms with E-state index in [0.29, 0.717) is 16.6 Å². The Balaban J connectivity index is 1.69. The maximum absolute atomic E-state index is 12.7. The third-order valence-electron chi connectivity index (χ3n) is 4.68. The molecule has 0 fully saturated rings. The topological polar surface area (TPSA) is 92.5 Å². The van der Waals surface area contributed by atoms with Crippen molar-refractivity contribution in [1.29, 1.82) is 0 Å². The summed E-state index contributed by atoms with van der Waals surface area (Å²) in [5.74, 6) is 0.112. The Morgan fingerprint density at radius 3 is 2.48 bits per heavy atom. The summed E-state index contributed by atoms with van der Waals surface area (Å²) in [7, 11) is 1.62. The van der Waals surface area contributed by atoms with E-state index in [9.17, 15) is 9.59 Å². The van der Waals surface area contributed by atoms with E-state index in [-0.39, 0.29) is 24.8 Å². The maximum Gasteiger partial charge on any atom is 0.253 e. The van der Waals surface area contributed by atoms with Crippen LogP contribution in [0.15, 0.2) is 29.4 Å². The second-order valence-corrected chi connectivity index (χ2v) is 7.69. The lowest BCUT2D eigenvalue weighted by atomic mass is 10.1. The Morgan fingerprint density at radius 2 is 1.83 bits per heavy atom. The Bertz CT molecular complexity index is 1060. The molecule has 3 aromatic rings. The van der Waals surface area contributed by atoms with Gasteiger partial charge in [0, 0.05) is 29.7 Å². The normalized spacial score (nSPS) is 10.9. The molecule has 0 aliphatic carbocycles. The number of benzene rings is 1. The number of rotatable bonds is 6. The monoisotopic (exact) mass is 412 g/mol. The third-order valence-corrected chi connectivity index (χ3v) is 5.22. The van der Waals surface area contributed by atoms with Gasteiger partial charge in [-0.15, -0.1) is 5.10 Å².